The van der Waals surface area contributed by atoms with Gasteiger partial charge in [-0.2, -0.15) is 0 Å². The van der Waals surface area contributed by atoms with Gasteiger partial charge < -0.3 is 19.3 Å². The molecule has 1 aromatic heterocycles. The van der Waals surface area contributed by atoms with Gasteiger partial charge in [0.15, 0.2) is 0 Å². The number of esters is 1. The molecule has 1 aromatic rings. The first kappa shape index (κ1) is 18.9. The first-order valence-electron chi connectivity index (χ1n) is 8.95. The molecule has 2 aliphatic rings. The van der Waals surface area contributed by atoms with Crippen molar-refractivity contribution in [1.29, 1.82) is 0 Å². The van der Waals surface area contributed by atoms with Crippen molar-refractivity contribution < 1.29 is 19.1 Å². The molecular weight excluding hydrogens is 356 g/mol. The molecule has 0 atom stereocenters. The predicted octanol–water partition coefficient (Wildman–Crippen LogP) is 2.55. The van der Waals surface area contributed by atoms with Gasteiger partial charge in [-0.3, -0.25) is 0 Å². The van der Waals surface area contributed by atoms with E-state index < -0.39 is 11.6 Å². The number of carbonyl (C=O) groups is 2. The van der Waals surface area contributed by atoms with E-state index in [1.54, 1.807) is 11.8 Å². The molecule has 9 heteroatoms. The van der Waals surface area contributed by atoms with Gasteiger partial charge in [0, 0.05) is 31.6 Å². The number of rotatable bonds is 3. The molecule has 2 aliphatic heterocycles. The van der Waals surface area contributed by atoms with Crippen LogP contribution >= 0.6 is 11.3 Å². The number of carbonyl (C=O) groups excluding carboxylic acids is 2. The molecule has 3 rings (SSSR count). The molecule has 2 saturated heterocycles. The Hall–Kier alpha value is -1.90. The minimum absolute atomic E-state index is 0.217. The van der Waals surface area contributed by atoms with E-state index in [0.717, 1.165) is 31.1 Å². The molecule has 1 spiro atoms. The largest absolute Gasteiger partial charge is 0.461 e. The van der Waals surface area contributed by atoms with Crippen LogP contribution < -0.4 is 4.90 Å². The average molecular weight is 382 g/mol. The lowest BCUT2D eigenvalue weighted by Gasteiger charge is -2.53. The van der Waals surface area contributed by atoms with Crippen LogP contribution in [0.1, 0.15) is 50.3 Å². The third kappa shape index (κ3) is 4.08. The highest BCUT2D eigenvalue weighted by Crippen LogP contribution is 2.43. The predicted molar refractivity (Wildman–Crippen MR) is 97.6 cm³/mol. The van der Waals surface area contributed by atoms with Crippen LogP contribution in [-0.2, 0) is 9.47 Å². The second-order valence-electron chi connectivity index (χ2n) is 7.93. The summed E-state index contributed by atoms with van der Waals surface area (Å²) in [5.74, 6) is -0.419. The summed E-state index contributed by atoms with van der Waals surface area (Å²) >= 11 is 1.27. The summed E-state index contributed by atoms with van der Waals surface area (Å²) in [5.41, 5.74) is -0.248. The number of piperidine rings is 1. The van der Waals surface area contributed by atoms with Crippen LogP contribution in [0.5, 0.6) is 0 Å². The molecule has 0 unspecified atom stereocenters. The van der Waals surface area contributed by atoms with Crippen molar-refractivity contribution in [3.63, 3.8) is 0 Å². The van der Waals surface area contributed by atoms with Crippen LogP contribution in [0.3, 0.4) is 0 Å². The first-order chi connectivity index (χ1) is 12.2. The fraction of sp³-hybridized carbons (Fsp3) is 0.765. The standard InChI is InChI=1S/C17H26N4O4S/c1-5-24-13(22)12-18-19-14(26-12)21-10-17(11-21)6-8-20(9-7-17)15(23)25-16(2,3)4/h5-11H2,1-4H3. The third-order valence-electron chi connectivity index (χ3n) is 4.66. The highest BCUT2D eigenvalue weighted by atomic mass is 32.1. The lowest BCUT2D eigenvalue weighted by molar-refractivity contribution is 0.00595. The Morgan fingerprint density at radius 1 is 1.19 bits per heavy atom. The summed E-state index contributed by atoms with van der Waals surface area (Å²) in [7, 11) is 0. The fourth-order valence-electron chi connectivity index (χ4n) is 3.32. The number of aromatic nitrogens is 2. The van der Waals surface area contributed by atoms with E-state index in [1.165, 1.54) is 11.3 Å². The van der Waals surface area contributed by atoms with Gasteiger partial charge in [-0.25, -0.2) is 9.59 Å². The Bertz CT molecular complexity index is 669. The second-order valence-corrected chi connectivity index (χ2v) is 8.89. The van der Waals surface area contributed by atoms with E-state index in [0.29, 0.717) is 24.7 Å². The molecule has 0 aromatic carbocycles. The molecule has 1 amide bonds. The Morgan fingerprint density at radius 3 is 2.42 bits per heavy atom. The number of anilines is 1. The molecule has 0 saturated carbocycles. The molecule has 8 nitrogen and oxygen atoms in total. The number of nitrogens with zero attached hydrogens (tertiary/aromatic N) is 4. The van der Waals surface area contributed by atoms with Crippen LogP contribution in [0.15, 0.2) is 0 Å². The molecule has 26 heavy (non-hydrogen) atoms. The molecular formula is C17H26N4O4S. The maximum atomic E-state index is 12.2. The van der Waals surface area contributed by atoms with Crippen molar-refractivity contribution in [2.45, 2.75) is 46.1 Å². The Labute approximate surface area is 157 Å². The van der Waals surface area contributed by atoms with E-state index in [2.05, 4.69) is 15.1 Å². The summed E-state index contributed by atoms with van der Waals surface area (Å²) in [6.45, 7) is 10.9. The van der Waals surface area contributed by atoms with E-state index in [9.17, 15) is 9.59 Å². The van der Waals surface area contributed by atoms with E-state index in [1.807, 2.05) is 20.8 Å². The fourth-order valence-corrected chi connectivity index (χ4v) is 4.06. The Balaban J connectivity index is 1.50. The lowest BCUT2D eigenvalue weighted by Crippen LogP contribution is -2.61. The van der Waals surface area contributed by atoms with Gasteiger partial charge in [-0.05, 0) is 40.5 Å². The minimum atomic E-state index is -0.464. The zero-order valence-electron chi connectivity index (χ0n) is 15.8. The normalized spacial score (nSPS) is 19.2. The highest BCUT2D eigenvalue weighted by molar-refractivity contribution is 7.17. The highest BCUT2D eigenvalue weighted by Gasteiger charge is 2.47. The van der Waals surface area contributed by atoms with Crippen LogP contribution in [0.2, 0.25) is 0 Å². The van der Waals surface area contributed by atoms with Gasteiger partial charge in [-0.1, -0.05) is 11.3 Å². The number of ether oxygens (including phenoxy) is 2. The molecule has 2 fully saturated rings. The summed E-state index contributed by atoms with van der Waals surface area (Å²) in [5, 5.41) is 9.09. The monoisotopic (exact) mass is 382 g/mol. The van der Waals surface area contributed by atoms with Gasteiger partial charge in [0.25, 0.3) is 0 Å². The summed E-state index contributed by atoms with van der Waals surface area (Å²) in [6.07, 6.45) is 1.67. The van der Waals surface area contributed by atoms with Crippen molar-refractivity contribution >= 4 is 28.5 Å². The Morgan fingerprint density at radius 2 is 1.85 bits per heavy atom. The van der Waals surface area contributed by atoms with E-state index in [4.69, 9.17) is 9.47 Å². The SMILES string of the molecule is CCOC(=O)c1nnc(N2CC3(CCN(C(=O)OC(C)(C)C)CC3)C2)s1. The third-order valence-corrected chi connectivity index (χ3v) is 5.63. The van der Waals surface area contributed by atoms with Gasteiger partial charge in [-0.15, -0.1) is 10.2 Å². The summed E-state index contributed by atoms with van der Waals surface area (Å²) < 4.78 is 10.4. The summed E-state index contributed by atoms with van der Waals surface area (Å²) in [4.78, 5) is 27.8. The van der Waals surface area contributed by atoms with Gasteiger partial charge >= 0.3 is 12.1 Å². The van der Waals surface area contributed by atoms with Crippen LogP contribution in [0.4, 0.5) is 9.93 Å². The number of likely N-dealkylation sites (tertiary alicyclic amines) is 1. The smallest absolute Gasteiger partial charge is 0.410 e. The number of hydrogen-bond acceptors (Lipinski definition) is 8. The topological polar surface area (TPSA) is 84.9 Å². The maximum Gasteiger partial charge on any atom is 0.410 e. The molecule has 0 N–H and O–H groups in total. The van der Waals surface area contributed by atoms with E-state index in [-0.39, 0.29) is 11.5 Å². The molecule has 3 heterocycles. The average Bonchev–Trinajstić information content (AvgIpc) is 3.01. The van der Waals surface area contributed by atoms with Gasteiger partial charge in [0.05, 0.1) is 6.61 Å². The van der Waals surface area contributed by atoms with Crippen LogP contribution in [0.25, 0.3) is 0 Å². The molecule has 0 aliphatic carbocycles. The van der Waals surface area contributed by atoms with Gasteiger partial charge in [0.1, 0.15) is 5.60 Å². The van der Waals surface area contributed by atoms with Crippen LogP contribution in [0, 0.1) is 5.41 Å². The van der Waals surface area contributed by atoms with Crippen molar-refractivity contribution in [2.24, 2.45) is 5.41 Å². The zero-order valence-corrected chi connectivity index (χ0v) is 16.6. The van der Waals surface area contributed by atoms with Crippen molar-refractivity contribution in [1.82, 2.24) is 15.1 Å². The zero-order chi connectivity index (χ0) is 18.9. The van der Waals surface area contributed by atoms with Gasteiger partial charge in [0.2, 0.25) is 10.1 Å². The Kier molecular flexibility index (Phi) is 5.09. The quantitative estimate of drug-likeness (QED) is 0.743. The number of amides is 1. The number of hydrogen-bond donors (Lipinski definition) is 0. The van der Waals surface area contributed by atoms with Crippen molar-refractivity contribution in [3.8, 4) is 0 Å². The second kappa shape index (κ2) is 7.02. The summed E-state index contributed by atoms with van der Waals surface area (Å²) in [6, 6.07) is 0. The molecule has 144 valence electrons. The molecule has 0 radical (unpaired) electrons. The minimum Gasteiger partial charge on any atom is -0.461 e. The van der Waals surface area contributed by atoms with Crippen LogP contribution in [-0.4, -0.2) is 65.5 Å². The first-order valence-corrected chi connectivity index (χ1v) is 9.76. The molecule has 0 bridgehead atoms. The maximum absolute atomic E-state index is 12.2. The van der Waals surface area contributed by atoms with Crippen molar-refractivity contribution in [2.75, 3.05) is 37.7 Å². The van der Waals surface area contributed by atoms with E-state index >= 15 is 0 Å². The lowest BCUT2D eigenvalue weighted by atomic mass is 9.72. The van der Waals surface area contributed by atoms with Crippen molar-refractivity contribution in [3.05, 3.63) is 5.01 Å².